The standard InChI is InChI=1S/C18H28N2O8/c1-27-13(15(21)19-9-3-5-11(19)17(23)24)7-8-14(28-2)16(22)20-10-4-6-12(20)18(25)26/h11-14H,3-10H2,1-2H3,(H,23,24)(H,25,26)/t11?,12?,13-,14+. The second kappa shape index (κ2) is 9.83. The third-order valence-electron chi connectivity index (χ3n) is 5.45. The summed E-state index contributed by atoms with van der Waals surface area (Å²) >= 11 is 0. The third-order valence-corrected chi connectivity index (χ3v) is 5.45. The molecular weight excluding hydrogens is 372 g/mol. The van der Waals surface area contributed by atoms with Crippen molar-refractivity contribution in [1.29, 1.82) is 0 Å². The van der Waals surface area contributed by atoms with Crippen LogP contribution in [0.25, 0.3) is 0 Å². The van der Waals surface area contributed by atoms with Gasteiger partial charge < -0.3 is 29.5 Å². The minimum absolute atomic E-state index is 0.161. The average Bonchev–Trinajstić information content (AvgIpc) is 3.34. The van der Waals surface area contributed by atoms with E-state index in [2.05, 4.69) is 0 Å². The Kier molecular flexibility index (Phi) is 7.76. The molecule has 4 atom stereocenters. The monoisotopic (exact) mass is 400 g/mol. The Labute approximate surface area is 163 Å². The number of ether oxygens (including phenoxy) is 2. The smallest absolute Gasteiger partial charge is 0.326 e. The predicted octanol–water partition coefficient (Wildman–Crippen LogP) is -0.0522. The average molecular weight is 400 g/mol. The molecule has 2 aliphatic rings. The van der Waals surface area contributed by atoms with Crippen LogP contribution in [0.15, 0.2) is 0 Å². The molecule has 0 aromatic rings. The molecule has 2 fully saturated rings. The SMILES string of the molecule is CO[C@@H](CC[C@@H](OC)C(=O)N1CCCC1C(=O)O)C(=O)N1CCCC1C(=O)O. The predicted molar refractivity (Wildman–Crippen MR) is 95.6 cm³/mol. The van der Waals surface area contributed by atoms with Crippen molar-refractivity contribution in [3.63, 3.8) is 0 Å². The van der Waals surface area contributed by atoms with Gasteiger partial charge in [-0.2, -0.15) is 0 Å². The maximum atomic E-state index is 12.7. The normalized spacial score (nSPS) is 24.2. The fourth-order valence-electron chi connectivity index (χ4n) is 3.93. The molecule has 0 aromatic carbocycles. The van der Waals surface area contributed by atoms with Gasteiger partial charge in [0.2, 0.25) is 0 Å². The molecule has 0 spiro atoms. The first kappa shape index (κ1) is 22.1. The van der Waals surface area contributed by atoms with Gasteiger partial charge in [0.25, 0.3) is 11.8 Å². The third kappa shape index (κ3) is 4.79. The number of carbonyl (C=O) groups excluding carboxylic acids is 2. The zero-order valence-corrected chi connectivity index (χ0v) is 16.2. The van der Waals surface area contributed by atoms with E-state index >= 15 is 0 Å². The minimum Gasteiger partial charge on any atom is -0.480 e. The molecule has 0 aromatic heterocycles. The highest BCUT2D eigenvalue weighted by Gasteiger charge is 2.39. The summed E-state index contributed by atoms with van der Waals surface area (Å²) in [4.78, 5) is 50.6. The molecule has 158 valence electrons. The molecule has 2 N–H and O–H groups in total. The summed E-state index contributed by atoms with van der Waals surface area (Å²) in [6, 6.07) is -1.71. The van der Waals surface area contributed by atoms with Crippen molar-refractivity contribution in [2.75, 3.05) is 27.3 Å². The first-order chi connectivity index (χ1) is 13.3. The molecule has 2 aliphatic heterocycles. The number of hydrogen-bond acceptors (Lipinski definition) is 6. The summed E-state index contributed by atoms with van der Waals surface area (Å²) in [5.41, 5.74) is 0. The Morgan fingerprint density at radius 2 is 1.18 bits per heavy atom. The number of aliphatic carboxylic acids is 2. The highest BCUT2D eigenvalue weighted by Crippen LogP contribution is 2.23. The van der Waals surface area contributed by atoms with Crippen molar-refractivity contribution in [2.45, 2.75) is 62.8 Å². The van der Waals surface area contributed by atoms with Crippen LogP contribution >= 0.6 is 0 Å². The van der Waals surface area contributed by atoms with E-state index in [1.54, 1.807) is 0 Å². The molecule has 10 heteroatoms. The number of likely N-dealkylation sites (tertiary alicyclic amines) is 2. The number of amides is 2. The van der Waals surface area contributed by atoms with Crippen LogP contribution < -0.4 is 0 Å². The van der Waals surface area contributed by atoms with Crippen LogP contribution in [0, 0.1) is 0 Å². The van der Waals surface area contributed by atoms with Gasteiger partial charge in [-0.3, -0.25) is 9.59 Å². The lowest BCUT2D eigenvalue weighted by Gasteiger charge is -2.28. The highest BCUT2D eigenvalue weighted by atomic mass is 16.5. The second-order valence-corrected chi connectivity index (χ2v) is 7.08. The van der Waals surface area contributed by atoms with Crippen molar-refractivity contribution < 1.29 is 38.9 Å². The maximum Gasteiger partial charge on any atom is 0.326 e. The van der Waals surface area contributed by atoms with Gasteiger partial charge in [-0.15, -0.1) is 0 Å². The van der Waals surface area contributed by atoms with Gasteiger partial charge in [-0.1, -0.05) is 0 Å². The summed E-state index contributed by atoms with van der Waals surface area (Å²) in [5.74, 6) is -2.92. The van der Waals surface area contributed by atoms with Gasteiger partial charge in [-0.25, -0.2) is 9.59 Å². The van der Waals surface area contributed by atoms with Crippen LogP contribution in [-0.2, 0) is 28.7 Å². The fourth-order valence-corrected chi connectivity index (χ4v) is 3.93. The van der Waals surface area contributed by atoms with Crippen molar-refractivity contribution in [3.8, 4) is 0 Å². The Hall–Kier alpha value is -2.20. The lowest BCUT2D eigenvalue weighted by atomic mass is 10.1. The topological polar surface area (TPSA) is 134 Å². The fraction of sp³-hybridized carbons (Fsp3) is 0.778. The molecule has 28 heavy (non-hydrogen) atoms. The van der Waals surface area contributed by atoms with Gasteiger partial charge in [0.1, 0.15) is 24.3 Å². The number of carbonyl (C=O) groups is 4. The van der Waals surface area contributed by atoms with Gasteiger partial charge >= 0.3 is 11.9 Å². The van der Waals surface area contributed by atoms with Crippen LogP contribution in [0.2, 0.25) is 0 Å². The molecule has 0 bridgehead atoms. The molecule has 0 radical (unpaired) electrons. The number of methoxy groups -OCH3 is 2. The first-order valence-corrected chi connectivity index (χ1v) is 9.44. The molecule has 2 unspecified atom stereocenters. The largest absolute Gasteiger partial charge is 0.480 e. The Balaban J connectivity index is 1.98. The van der Waals surface area contributed by atoms with E-state index in [1.807, 2.05) is 0 Å². The summed E-state index contributed by atoms with van der Waals surface area (Å²) in [5, 5.41) is 18.5. The first-order valence-electron chi connectivity index (χ1n) is 9.44. The van der Waals surface area contributed by atoms with E-state index in [4.69, 9.17) is 9.47 Å². The quantitative estimate of drug-likeness (QED) is 0.550. The Morgan fingerprint density at radius 3 is 1.46 bits per heavy atom. The summed E-state index contributed by atoms with van der Waals surface area (Å²) in [6.07, 6.45) is 0.582. The zero-order valence-electron chi connectivity index (χ0n) is 16.2. The summed E-state index contributed by atoms with van der Waals surface area (Å²) in [6.45, 7) is 0.715. The molecule has 2 amide bonds. The van der Waals surface area contributed by atoms with Crippen LogP contribution in [0.4, 0.5) is 0 Å². The summed E-state index contributed by atoms with van der Waals surface area (Å²) in [7, 11) is 2.72. The van der Waals surface area contributed by atoms with Gasteiger partial charge in [0, 0.05) is 27.3 Å². The minimum atomic E-state index is -1.04. The van der Waals surface area contributed by atoms with E-state index in [9.17, 15) is 29.4 Å². The van der Waals surface area contributed by atoms with Crippen LogP contribution in [-0.4, -0.2) is 95.4 Å². The van der Waals surface area contributed by atoms with E-state index in [0.717, 1.165) is 0 Å². The number of nitrogens with zero attached hydrogens (tertiary/aromatic N) is 2. The second-order valence-electron chi connectivity index (χ2n) is 7.08. The van der Waals surface area contributed by atoms with E-state index in [0.29, 0.717) is 38.8 Å². The number of carboxylic acid groups (broad SMARTS) is 2. The van der Waals surface area contributed by atoms with Gasteiger partial charge in [0.15, 0.2) is 0 Å². The van der Waals surface area contributed by atoms with E-state index < -0.39 is 48.0 Å². The number of rotatable bonds is 9. The lowest BCUT2D eigenvalue weighted by molar-refractivity contribution is -0.155. The van der Waals surface area contributed by atoms with E-state index in [1.165, 1.54) is 24.0 Å². The Bertz CT molecular complexity index is 558. The van der Waals surface area contributed by atoms with Gasteiger partial charge in [-0.05, 0) is 38.5 Å². The maximum absolute atomic E-state index is 12.7. The van der Waals surface area contributed by atoms with Crippen LogP contribution in [0.3, 0.4) is 0 Å². The van der Waals surface area contributed by atoms with E-state index in [-0.39, 0.29) is 12.8 Å². The molecule has 10 nitrogen and oxygen atoms in total. The van der Waals surface area contributed by atoms with Crippen LogP contribution in [0.5, 0.6) is 0 Å². The van der Waals surface area contributed by atoms with Crippen LogP contribution in [0.1, 0.15) is 38.5 Å². The highest BCUT2D eigenvalue weighted by molar-refractivity contribution is 5.88. The van der Waals surface area contributed by atoms with Gasteiger partial charge in [0.05, 0.1) is 0 Å². The number of hydrogen-bond donors (Lipinski definition) is 2. The van der Waals surface area contributed by atoms with Crippen molar-refractivity contribution >= 4 is 23.8 Å². The molecule has 0 saturated carbocycles. The molecule has 2 heterocycles. The van der Waals surface area contributed by atoms with Crippen molar-refractivity contribution in [2.24, 2.45) is 0 Å². The lowest BCUT2D eigenvalue weighted by Crippen LogP contribution is -2.48. The summed E-state index contributed by atoms with van der Waals surface area (Å²) < 4.78 is 10.5. The number of carboxylic acids is 2. The van der Waals surface area contributed by atoms with Crippen molar-refractivity contribution in [1.82, 2.24) is 9.80 Å². The Morgan fingerprint density at radius 1 is 0.821 bits per heavy atom. The molecule has 0 aliphatic carbocycles. The zero-order chi connectivity index (χ0) is 20.8. The molecule has 2 saturated heterocycles. The van der Waals surface area contributed by atoms with Crippen molar-refractivity contribution in [3.05, 3.63) is 0 Å². The molecule has 2 rings (SSSR count). The molecular formula is C18H28N2O8.